The van der Waals surface area contributed by atoms with Crippen molar-refractivity contribution in [3.05, 3.63) is 112 Å². The standard InChI is InChI=1S/C88H117N21O29S2/c1-49-33-55-44-95-61-37-68(66(129-4)35-57(61)83(124)108(55)46-49)136-21-8-7-9-22-137-69-38-62(58(36-67(69)130-5)84(125)109-47-50(2)34-56(109)45-97-131-6)105-88(128)138-31-32-139-140-48-51(3)98-71(111)18-23-132-25-27-134-29-30-135-28-26-133-24-20-92-78(119)63(39-72(112)113)103-81(122)65(41-74(116)117)104-79(120)59(11-10-19-93-86(89)90)101-80(121)64(40-73(114)115)100-70(110)17-16-60(85(126)127)102-77(118)52-12-14-53(15-13-52)94-42-54-43-96-76-75(99-54)82(123)107-87(91)106-76/h12-15,35-38,43-45,51,55-56,59-60,63-65,94H,1-2,7-11,16-34,39-42,46-48H2,3-6H3,(H,92,119)(H,98,111)(H,100,110)(H,101,121)(H,102,118)(H,103,122)(H,104,120)(H,105,128)(H,112,113)(H,114,115)(H,116,117)(H,126,127)(H4,89,90,93)(H3,91,96,106,107,123)/b97-45+/t51-,55+,56+,59+,60+,63+,64+,65+/m1/s1. The lowest BCUT2D eigenvalue weighted by Crippen LogP contribution is -2.59. The lowest BCUT2D eigenvalue weighted by Gasteiger charge is -2.26. The molecule has 2 fully saturated rings. The maximum atomic E-state index is 14.4. The molecule has 2 aromatic heterocycles. The molecule has 2 saturated heterocycles. The van der Waals surface area contributed by atoms with Gasteiger partial charge in [0.05, 0.1) is 159 Å². The molecule has 0 spiro atoms. The number of likely N-dealkylation sites (tertiary alicyclic amines) is 1. The number of H-pyrrole nitrogens is 1. The predicted octanol–water partition coefficient (Wildman–Crippen LogP) is 1.74. The highest BCUT2D eigenvalue weighted by molar-refractivity contribution is 8.76. The van der Waals surface area contributed by atoms with Gasteiger partial charge < -0.3 is 137 Å². The van der Waals surface area contributed by atoms with Gasteiger partial charge in [0, 0.05) is 86.2 Å². The van der Waals surface area contributed by atoms with Gasteiger partial charge in [0.2, 0.25) is 41.4 Å². The summed E-state index contributed by atoms with van der Waals surface area (Å²) < 4.78 is 51.3. The number of hydrogen-bond donors (Lipinski definition) is 18. The topological polar surface area (TPSA) is 711 Å². The van der Waals surface area contributed by atoms with Gasteiger partial charge in [-0.3, -0.25) is 83.0 Å². The van der Waals surface area contributed by atoms with Crippen LogP contribution in [0.1, 0.15) is 127 Å². The van der Waals surface area contributed by atoms with Crippen molar-refractivity contribution >= 4 is 157 Å². The SMILES string of the molecule is C=C1C[C@H]2C=Nc3cc(OCCCCCOc4cc(NC(=O)OCCSSC[C@@H](C)NC(=O)CCOCCOCCOCCOCCNC(=O)[C@H](CC(=O)O)NC(=O)[C@H](CC(=O)O)NC(=O)[C@H](CCCNC(=N)N)NC(=O)[C@H](CC(=O)O)NC(=O)CC[C@H](NC(=O)c5ccc(NCc6cnc7nc(N)[nH]c(=O)c7n6)cc5)C(=O)O)c(C(=O)N5CC(=C)C[C@H]5/C=N/OC)cc4OC)c(OC)cc3C(=O)N2C1. The minimum atomic E-state index is -2.07. The fourth-order valence-electron chi connectivity index (χ4n) is 13.9. The van der Waals surface area contributed by atoms with Crippen molar-refractivity contribution in [1.29, 1.82) is 5.41 Å². The Morgan fingerprint density at radius 3 is 1.87 bits per heavy atom. The van der Waals surface area contributed by atoms with E-state index in [4.69, 9.17) is 64.3 Å². The van der Waals surface area contributed by atoms with Gasteiger partial charge in [-0.25, -0.2) is 19.6 Å². The van der Waals surface area contributed by atoms with Crippen molar-refractivity contribution in [1.82, 2.24) is 72.3 Å². The molecule has 8 rings (SSSR count). The summed E-state index contributed by atoms with van der Waals surface area (Å²) in [6.07, 6.45) is 1.79. The first-order valence-electron chi connectivity index (χ1n) is 44.3. The number of amides is 10. The maximum Gasteiger partial charge on any atom is 0.411 e. The average Bonchev–Trinajstić information content (AvgIpc) is 1.58. The number of anilines is 3. The molecule has 10 amide bonds. The number of carbonyl (C=O) groups is 14. The normalized spacial score (nSPS) is 14.9. The first kappa shape index (κ1) is 111. The minimum Gasteiger partial charge on any atom is -0.493 e. The lowest BCUT2D eigenvalue weighted by molar-refractivity contribution is -0.143. The van der Waals surface area contributed by atoms with Crippen LogP contribution in [0.5, 0.6) is 23.0 Å². The molecule has 0 saturated carbocycles. The van der Waals surface area contributed by atoms with Crippen LogP contribution in [0.2, 0.25) is 0 Å². The Bertz CT molecular complexity index is 5350. The molecular formula is C88H117N21O29S2. The molecule has 140 heavy (non-hydrogen) atoms. The zero-order valence-corrected chi connectivity index (χ0v) is 79.0. The number of nitrogens with zero attached hydrogens (tertiary/aromatic N) is 7. The number of nitrogens with one attached hydrogen (secondary N) is 12. The highest BCUT2D eigenvalue weighted by atomic mass is 33.1. The zero-order valence-electron chi connectivity index (χ0n) is 77.4. The van der Waals surface area contributed by atoms with Gasteiger partial charge in [-0.2, -0.15) is 4.98 Å². The number of aromatic amines is 1. The van der Waals surface area contributed by atoms with Crippen molar-refractivity contribution < 1.29 is 135 Å². The first-order chi connectivity index (χ1) is 67.1. The summed E-state index contributed by atoms with van der Waals surface area (Å²) in [4.78, 5) is 223. The molecule has 0 radical (unpaired) electrons. The number of benzene rings is 3. The summed E-state index contributed by atoms with van der Waals surface area (Å²) >= 11 is 0. The van der Waals surface area contributed by atoms with Gasteiger partial charge >= 0.3 is 30.0 Å². The second kappa shape index (κ2) is 57.6. The number of fused-ring (bicyclic) bond motifs is 3. The number of aromatic nitrogens is 4. The number of carboxylic acid groups (broad SMARTS) is 4. The minimum absolute atomic E-state index is 0.00285. The first-order valence-corrected chi connectivity index (χ1v) is 46.7. The smallest absolute Gasteiger partial charge is 0.411 e. The third-order valence-corrected chi connectivity index (χ3v) is 23.3. The van der Waals surface area contributed by atoms with E-state index < -0.39 is 158 Å². The van der Waals surface area contributed by atoms with E-state index in [1.807, 2.05) is 6.92 Å². The molecule has 5 heterocycles. The number of oxime groups is 1. The third-order valence-electron chi connectivity index (χ3n) is 20.8. The second-order valence-electron chi connectivity index (χ2n) is 31.7. The second-order valence-corrected chi connectivity index (χ2v) is 34.3. The quantitative estimate of drug-likeness (QED) is 0.00658. The van der Waals surface area contributed by atoms with Gasteiger partial charge in [0.15, 0.2) is 40.1 Å². The lowest BCUT2D eigenvalue weighted by atomic mass is 10.1. The Labute approximate surface area is 810 Å². The Morgan fingerprint density at radius 1 is 0.636 bits per heavy atom. The number of guanidine groups is 1. The van der Waals surface area contributed by atoms with Crippen LogP contribution in [0, 0.1) is 5.41 Å². The van der Waals surface area contributed by atoms with Gasteiger partial charge in [0.1, 0.15) is 43.9 Å². The highest BCUT2D eigenvalue weighted by Gasteiger charge is 2.39. The Balaban J connectivity index is 0.677. The summed E-state index contributed by atoms with van der Waals surface area (Å²) in [7, 11) is 7.22. The Kier molecular flexibility index (Phi) is 45.6. The van der Waals surface area contributed by atoms with Crippen LogP contribution in [-0.4, -0.2) is 332 Å². The summed E-state index contributed by atoms with van der Waals surface area (Å²) in [5.41, 5.74) is 14.0. The van der Waals surface area contributed by atoms with Crippen LogP contribution < -0.4 is 89.1 Å². The molecular weight excluding hydrogens is 1880 g/mol. The molecule has 3 aliphatic heterocycles. The molecule has 50 nitrogen and oxygen atoms in total. The van der Waals surface area contributed by atoms with Gasteiger partial charge in [-0.15, -0.1) is 0 Å². The number of unbranched alkanes of at least 4 members (excludes halogenated alkanes) is 2. The number of aliphatic carboxylic acids is 4. The number of nitrogens with two attached hydrogens (primary N) is 2. The number of rotatable bonds is 63. The van der Waals surface area contributed by atoms with Crippen molar-refractivity contribution in [2.45, 2.75) is 145 Å². The Hall–Kier alpha value is -14.5. The van der Waals surface area contributed by atoms with E-state index in [9.17, 15) is 92.3 Å². The van der Waals surface area contributed by atoms with E-state index >= 15 is 0 Å². The van der Waals surface area contributed by atoms with E-state index in [2.05, 4.69) is 96.4 Å². The van der Waals surface area contributed by atoms with E-state index in [0.717, 1.165) is 11.1 Å². The summed E-state index contributed by atoms with van der Waals surface area (Å²) in [6, 6.07) is 1.79. The molecule has 0 aliphatic carbocycles. The molecule has 52 heteroatoms. The molecule has 760 valence electrons. The van der Waals surface area contributed by atoms with Crippen LogP contribution in [-0.2, 0) is 83.0 Å². The monoisotopic (exact) mass is 2000 g/mol. The van der Waals surface area contributed by atoms with E-state index in [-0.39, 0.29) is 174 Å². The van der Waals surface area contributed by atoms with Gasteiger partial charge in [-0.1, -0.05) is 51.0 Å². The average molecular weight is 2000 g/mol. The van der Waals surface area contributed by atoms with E-state index in [1.165, 1.54) is 91.7 Å². The highest BCUT2D eigenvalue weighted by Crippen LogP contribution is 2.40. The summed E-state index contributed by atoms with van der Waals surface area (Å²) in [6.45, 7) is 11.7. The largest absolute Gasteiger partial charge is 0.493 e. The van der Waals surface area contributed by atoms with Crippen LogP contribution in [0.15, 0.2) is 94.0 Å². The van der Waals surface area contributed by atoms with Crippen molar-refractivity contribution in [3.63, 3.8) is 0 Å². The number of nitrogen functional groups attached to an aromatic ring is 1. The predicted molar refractivity (Wildman–Crippen MR) is 508 cm³/mol. The molecule has 8 atom stereocenters. The van der Waals surface area contributed by atoms with Crippen molar-refractivity contribution in [3.8, 4) is 23.0 Å². The molecule has 0 bridgehead atoms. The number of methoxy groups -OCH3 is 2. The van der Waals surface area contributed by atoms with E-state index in [1.54, 1.807) is 28.1 Å². The maximum absolute atomic E-state index is 14.4. The number of aliphatic imine (C=N–C) groups is 1. The van der Waals surface area contributed by atoms with Crippen molar-refractivity contribution in [2.24, 2.45) is 15.9 Å². The molecule has 5 aromatic rings. The van der Waals surface area contributed by atoms with Crippen LogP contribution in [0.25, 0.3) is 11.2 Å². The van der Waals surface area contributed by atoms with Crippen LogP contribution >= 0.6 is 21.6 Å². The molecule has 0 unspecified atom stereocenters. The Morgan fingerprint density at radius 2 is 1.24 bits per heavy atom. The van der Waals surface area contributed by atoms with Gasteiger partial charge in [0.25, 0.3) is 23.3 Å². The number of hydrogen-bond acceptors (Lipinski definition) is 35. The molecule has 3 aromatic carbocycles. The molecule has 20 N–H and O–H groups in total. The van der Waals surface area contributed by atoms with E-state index in [0.29, 0.717) is 90.9 Å². The fourth-order valence-corrected chi connectivity index (χ4v) is 16.0. The van der Waals surface area contributed by atoms with Crippen LogP contribution in [0.4, 0.5) is 27.8 Å². The number of carboxylic acids is 4. The molecule has 3 aliphatic rings. The van der Waals surface area contributed by atoms with Crippen LogP contribution in [0.3, 0.4) is 0 Å². The van der Waals surface area contributed by atoms with Gasteiger partial charge in [-0.05, 0) is 94.7 Å². The fraction of sp³-hybridized carbons (Fsp3) is 0.489. The number of carbonyl (C=O) groups excluding carboxylic acids is 10. The van der Waals surface area contributed by atoms with Crippen molar-refractivity contribution in [2.75, 3.05) is 148 Å². The number of ether oxygens (including phenoxy) is 9. The zero-order chi connectivity index (χ0) is 102. The third kappa shape index (κ3) is 37.1. The summed E-state index contributed by atoms with van der Waals surface area (Å²) in [5.74, 6) is -12.7. The summed E-state index contributed by atoms with van der Waals surface area (Å²) in [5, 5.41) is 75.1.